The van der Waals surface area contributed by atoms with Gasteiger partial charge in [0.25, 0.3) is 0 Å². The summed E-state index contributed by atoms with van der Waals surface area (Å²) in [4.78, 5) is 0. The first-order chi connectivity index (χ1) is 8.66. The third-order valence-electron chi connectivity index (χ3n) is 4.20. The smallest absolute Gasteiger partial charge is 0.119 e. The van der Waals surface area contributed by atoms with Gasteiger partial charge in [-0.2, -0.15) is 0 Å². The molecule has 2 N–H and O–H groups in total. The van der Waals surface area contributed by atoms with Crippen molar-refractivity contribution in [1.29, 1.82) is 0 Å². The van der Waals surface area contributed by atoms with Crippen LogP contribution in [0.15, 0.2) is 18.2 Å². The molecule has 0 aliphatic heterocycles. The summed E-state index contributed by atoms with van der Waals surface area (Å²) < 4.78 is 5.72. The number of rotatable bonds is 3. The summed E-state index contributed by atoms with van der Waals surface area (Å²) in [5.74, 6) is 0.808. The third kappa shape index (κ3) is 2.25. The molecule has 0 spiro atoms. The molecule has 1 saturated carbocycles. The van der Waals surface area contributed by atoms with Gasteiger partial charge in [0.05, 0.1) is 11.7 Å². The standard InChI is InChI=1S/C15H20O3/c16-14-6-3-11-9-12(4-5-13(11)14)18-10-15(17)7-1-2-8-15/h4-5,9,14,16-17H,1-3,6-8,10H2. The Bertz CT molecular complexity index is 435. The summed E-state index contributed by atoms with van der Waals surface area (Å²) in [6, 6.07) is 5.84. The van der Waals surface area contributed by atoms with Crippen LogP contribution in [0.3, 0.4) is 0 Å². The van der Waals surface area contributed by atoms with Gasteiger partial charge in [-0.1, -0.05) is 18.9 Å². The van der Waals surface area contributed by atoms with Gasteiger partial charge in [-0.25, -0.2) is 0 Å². The van der Waals surface area contributed by atoms with Gasteiger partial charge in [-0.05, 0) is 48.9 Å². The number of aliphatic hydroxyl groups excluding tert-OH is 1. The van der Waals surface area contributed by atoms with Crippen LogP contribution in [0, 0.1) is 0 Å². The van der Waals surface area contributed by atoms with Crippen LogP contribution >= 0.6 is 0 Å². The summed E-state index contributed by atoms with van der Waals surface area (Å²) in [5, 5.41) is 20.0. The van der Waals surface area contributed by atoms with Crippen molar-refractivity contribution in [1.82, 2.24) is 0 Å². The number of benzene rings is 1. The van der Waals surface area contributed by atoms with Crippen LogP contribution in [0.1, 0.15) is 49.3 Å². The normalized spacial score (nSPS) is 25.1. The van der Waals surface area contributed by atoms with Crippen molar-refractivity contribution in [3.8, 4) is 5.75 Å². The second kappa shape index (κ2) is 4.56. The fraction of sp³-hybridized carbons (Fsp3) is 0.600. The molecular weight excluding hydrogens is 228 g/mol. The summed E-state index contributed by atoms with van der Waals surface area (Å²) in [6.45, 7) is 0.383. The zero-order valence-electron chi connectivity index (χ0n) is 10.6. The lowest BCUT2D eigenvalue weighted by Crippen LogP contribution is -2.32. The maximum Gasteiger partial charge on any atom is 0.119 e. The van der Waals surface area contributed by atoms with Crippen molar-refractivity contribution in [3.05, 3.63) is 29.3 Å². The van der Waals surface area contributed by atoms with Crippen molar-refractivity contribution < 1.29 is 14.9 Å². The Balaban J connectivity index is 1.67. The first-order valence-corrected chi connectivity index (χ1v) is 6.82. The molecule has 0 amide bonds. The highest BCUT2D eigenvalue weighted by molar-refractivity contribution is 5.39. The second-order valence-electron chi connectivity index (χ2n) is 5.64. The molecule has 0 heterocycles. The number of ether oxygens (including phenoxy) is 1. The summed E-state index contributed by atoms with van der Waals surface area (Å²) >= 11 is 0. The summed E-state index contributed by atoms with van der Waals surface area (Å²) in [6.07, 6.45) is 5.29. The Labute approximate surface area is 107 Å². The van der Waals surface area contributed by atoms with Gasteiger partial charge in [-0.3, -0.25) is 0 Å². The largest absolute Gasteiger partial charge is 0.491 e. The Morgan fingerprint density at radius 2 is 2.06 bits per heavy atom. The number of aliphatic hydroxyl groups is 2. The molecule has 2 aliphatic rings. The SMILES string of the molecule is OC1CCc2cc(OCC3(O)CCCC3)ccc21. The minimum Gasteiger partial charge on any atom is -0.491 e. The minimum absolute atomic E-state index is 0.312. The molecule has 0 aromatic heterocycles. The molecule has 0 saturated heterocycles. The molecule has 1 unspecified atom stereocenters. The van der Waals surface area contributed by atoms with Gasteiger partial charge >= 0.3 is 0 Å². The van der Waals surface area contributed by atoms with Gasteiger partial charge in [0, 0.05) is 0 Å². The Hall–Kier alpha value is -1.06. The summed E-state index contributed by atoms with van der Waals surface area (Å²) in [5.41, 5.74) is 1.58. The predicted molar refractivity (Wildman–Crippen MR) is 68.6 cm³/mol. The van der Waals surface area contributed by atoms with Crippen LogP contribution in [0.5, 0.6) is 5.75 Å². The third-order valence-corrected chi connectivity index (χ3v) is 4.20. The van der Waals surface area contributed by atoms with Crippen LogP contribution in [-0.4, -0.2) is 22.4 Å². The van der Waals surface area contributed by atoms with Gasteiger partial charge in [0.15, 0.2) is 0 Å². The molecule has 3 nitrogen and oxygen atoms in total. The molecular formula is C15H20O3. The van der Waals surface area contributed by atoms with E-state index < -0.39 is 5.60 Å². The molecule has 0 bridgehead atoms. The maximum absolute atomic E-state index is 10.2. The van der Waals surface area contributed by atoms with Gasteiger partial charge in [0.2, 0.25) is 0 Å². The molecule has 1 aromatic rings. The van der Waals surface area contributed by atoms with E-state index in [9.17, 15) is 10.2 Å². The first kappa shape index (κ1) is 12.0. The van der Waals surface area contributed by atoms with Crippen LogP contribution in [0.25, 0.3) is 0 Å². The van der Waals surface area contributed by atoms with E-state index in [1.807, 2.05) is 18.2 Å². The lowest BCUT2D eigenvalue weighted by Gasteiger charge is -2.22. The number of aryl methyl sites for hydroxylation is 1. The van der Waals surface area contributed by atoms with Crippen LogP contribution in [0.4, 0.5) is 0 Å². The van der Waals surface area contributed by atoms with Crippen LogP contribution < -0.4 is 4.74 Å². The molecule has 0 radical (unpaired) electrons. The average molecular weight is 248 g/mol. The lowest BCUT2D eigenvalue weighted by molar-refractivity contribution is 0.00138. The van der Waals surface area contributed by atoms with Crippen LogP contribution in [-0.2, 0) is 6.42 Å². The zero-order chi connectivity index (χ0) is 12.6. The molecule has 2 aliphatic carbocycles. The van der Waals surface area contributed by atoms with Gasteiger partial charge in [-0.15, -0.1) is 0 Å². The molecule has 3 rings (SSSR count). The Morgan fingerprint density at radius 3 is 2.83 bits per heavy atom. The Morgan fingerprint density at radius 1 is 1.28 bits per heavy atom. The van der Waals surface area contributed by atoms with E-state index in [0.717, 1.165) is 49.8 Å². The minimum atomic E-state index is -0.626. The van der Waals surface area contributed by atoms with Crippen molar-refractivity contribution in [3.63, 3.8) is 0 Å². The highest BCUT2D eigenvalue weighted by Crippen LogP contribution is 2.34. The highest BCUT2D eigenvalue weighted by atomic mass is 16.5. The zero-order valence-corrected chi connectivity index (χ0v) is 10.6. The number of hydrogen-bond acceptors (Lipinski definition) is 3. The van der Waals surface area contributed by atoms with Crippen molar-refractivity contribution >= 4 is 0 Å². The average Bonchev–Trinajstić information content (AvgIpc) is 2.95. The second-order valence-corrected chi connectivity index (χ2v) is 5.64. The summed E-state index contributed by atoms with van der Waals surface area (Å²) in [7, 11) is 0. The van der Waals surface area contributed by atoms with E-state index in [1.54, 1.807) is 0 Å². The van der Waals surface area contributed by atoms with Gasteiger partial charge < -0.3 is 14.9 Å². The molecule has 18 heavy (non-hydrogen) atoms. The van der Waals surface area contributed by atoms with E-state index >= 15 is 0 Å². The molecule has 1 fully saturated rings. The highest BCUT2D eigenvalue weighted by Gasteiger charge is 2.32. The van der Waals surface area contributed by atoms with E-state index in [4.69, 9.17) is 4.74 Å². The molecule has 1 aromatic carbocycles. The number of fused-ring (bicyclic) bond motifs is 1. The first-order valence-electron chi connectivity index (χ1n) is 6.82. The van der Waals surface area contributed by atoms with Crippen molar-refractivity contribution in [2.24, 2.45) is 0 Å². The number of hydrogen-bond donors (Lipinski definition) is 2. The fourth-order valence-electron chi connectivity index (χ4n) is 3.06. The molecule has 3 heteroatoms. The topological polar surface area (TPSA) is 49.7 Å². The maximum atomic E-state index is 10.2. The van der Waals surface area contributed by atoms with Crippen molar-refractivity contribution in [2.75, 3.05) is 6.61 Å². The monoisotopic (exact) mass is 248 g/mol. The van der Waals surface area contributed by atoms with E-state index in [0.29, 0.717) is 6.61 Å². The molecule has 1 atom stereocenters. The van der Waals surface area contributed by atoms with E-state index in [1.165, 1.54) is 5.56 Å². The van der Waals surface area contributed by atoms with E-state index in [2.05, 4.69) is 0 Å². The predicted octanol–water partition coefficient (Wildman–Crippen LogP) is 2.35. The van der Waals surface area contributed by atoms with Crippen LogP contribution in [0.2, 0.25) is 0 Å². The lowest BCUT2D eigenvalue weighted by atomic mass is 10.0. The van der Waals surface area contributed by atoms with E-state index in [-0.39, 0.29) is 6.10 Å². The Kier molecular flexibility index (Phi) is 3.04. The fourth-order valence-corrected chi connectivity index (χ4v) is 3.06. The molecule has 98 valence electrons. The van der Waals surface area contributed by atoms with Crippen molar-refractivity contribution in [2.45, 2.75) is 50.2 Å². The quantitative estimate of drug-likeness (QED) is 0.863. The van der Waals surface area contributed by atoms with Gasteiger partial charge in [0.1, 0.15) is 12.4 Å².